The van der Waals surface area contributed by atoms with Crippen LogP contribution in [0.1, 0.15) is 61.7 Å². The Morgan fingerprint density at radius 1 is 0.818 bits per heavy atom. The summed E-state index contributed by atoms with van der Waals surface area (Å²) in [5, 5.41) is 0. The van der Waals surface area contributed by atoms with E-state index in [0.717, 1.165) is 41.3 Å². The monoisotopic (exact) mass is 465 g/mol. The number of amides is 1. The van der Waals surface area contributed by atoms with Gasteiger partial charge < -0.3 is 4.98 Å². The standard InChI is InChI=1S/C28H43N3OSi/c1-30-21-16-10-8-14-19(21)23-24-20-15-9-11-17-22(20)31(2)26(24)27(25(23)30)33(3,4)29-28(32)18-12-6-5-7-13-18/h5-7,12-13,19-27H,8-11,14-17H2,1-4H3,(H,29,32). The first-order valence-corrected chi connectivity index (χ1v) is 16.8. The minimum Gasteiger partial charge on any atom is -0.378 e. The predicted octanol–water partition coefficient (Wildman–Crippen LogP) is 4.98. The molecule has 0 bridgehead atoms. The number of fused-ring (bicyclic) bond motifs is 7. The molecule has 0 spiro atoms. The van der Waals surface area contributed by atoms with E-state index in [1.807, 2.05) is 30.3 Å². The number of carbonyl (C=O) groups is 1. The molecule has 1 amide bonds. The van der Waals surface area contributed by atoms with Gasteiger partial charge in [-0.1, -0.05) is 57.0 Å². The second kappa shape index (κ2) is 8.20. The van der Waals surface area contributed by atoms with Crippen LogP contribution < -0.4 is 4.98 Å². The van der Waals surface area contributed by atoms with E-state index in [9.17, 15) is 4.79 Å². The van der Waals surface area contributed by atoms with Gasteiger partial charge in [-0.25, -0.2) is 0 Å². The van der Waals surface area contributed by atoms with E-state index in [1.165, 1.54) is 51.4 Å². The molecule has 3 saturated carbocycles. The molecule has 2 aliphatic heterocycles. The number of nitrogens with zero attached hydrogens (tertiary/aromatic N) is 2. The van der Waals surface area contributed by atoms with Crippen molar-refractivity contribution in [2.45, 2.75) is 94.2 Å². The van der Waals surface area contributed by atoms with Gasteiger partial charge in [0.1, 0.15) is 0 Å². The number of rotatable bonds is 3. The first kappa shape index (κ1) is 22.3. The molecule has 2 saturated heterocycles. The Labute approximate surface area is 201 Å². The Kier molecular flexibility index (Phi) is 5.54. The molecule has 8 unspecified atom stereocenters. The largest absolute Gasteiger partial charge is 0.378 e. The fourth-order valence-electron chi connectivity index (χ4n) is 9.79. The number of hydrogen-bond acceptors (Lipinski definition) is 3. The third-order valence-electron chi connectivity index (χ3n) is 10.8. The number of nitrogens with one attached hydrogen (secondary N) is 1. The lowest BCUT2D eigenvalue weighted by Gasteiger charge is -2.44. The molecule has 180 valence electrons. The summed E-state index contributed by atoms with van der Waals surface area (Å²) in [6.07, 6.45) is 11.3. The van der Waals surface area contributed by atoms with Crippen LogP contribution in [0.2, 0.25) is 18.6 Å². The number of hydrogen-bond donors (Lipinski definition) is 1. The number of likely N-dealkylation sites (tertiary alicyclic amines) is 2. The summed E-state index contributed by atoms with van der Waals surface area (Å²) in [6.45, 7) is 4.92. The van der Waals surface area contributed by atoms with E-state index in [2.05, 4.69) is 42.0 Å². The van der Waals surface area contributed by atoms with Crippen LogP contribution in [0, 0.1) is 23.7 Å². The average molecular weight is 466 g/mol. The van der Waals surface area contributed by atoms with Gasteiger partial charge in [0, 0.05) is 35.3 Å². The summed E-state index contributed by atoms with van der Waals surface area (Å²) >= 11 is 0. The maximum absolute atomic E-state index is 13.4. The van der Waals surface area contributed by atoms with Crippen LogP contribution >= 0.6 is 0 Å². The van der Waals surface area contributed by atoms with Gasteiger partial charge in [0.25, 0.3) is 0 Å². The van der Waals surface area contributed by atoms with Crippen molar-refractivity contribution in [1.29, 1.82) is 0 Å². The van der Waals surface area contributed by atoms with Crippen LogP contribution in [0.3, 0.4) is 0 Å². The van der Waals surface area contributed by atoms with Crippen LogP contribution in [0.4, 0.5) is 0 Å². The highest BCUT2D eigenvalue weighted by Gasteiger charge is 2.70. The second-order valence-electron chi connectivity index (χ2n) is 12.6. The highest BCUT2D eigenvalue weighted by atomic mass is 28.3. The molecule has 0 radical (unpaired) electrons. The molecule has 4 nitrogen and oxygen atoms in total. The first-order valence-electron chi connectivity index (χ1n) is 13.7. The van der Waals surface area contributed by atoms with Crippen LogP contribution in [-0.2, 0) is 0 Å². The zero-order chi connectivity index (χ0) is 22.9. The van der Waals surface area contributed by atoms with Crippen molar-refractivity contribution >= 4 is 14.1 Å². The maximum Gasteiger partial charge on any atom is 0.243 e. The van der Waals surface area contributed by atoms with Gasteiger partial charge in [-0.3, -0.25) is 14.6 Å². The van der Waals surface area contributed by atoms with E-state index in [-0.39, 0.29) is 5.91 Å². The fraction of sp³-hybridized carbons (Fsp3) is 0.750. The summed E-state index contributed by atoms with van der Waals surface area (Å²) in [5.74, 6) is 3.59. The maximum atomic E-state index is 13.4. The Balaban J connectivity index is 1.38. The Hall–Kier alpha value is -1.17. The van der Waals surface area contributed by atoms with Gasteiger partial charge >= 0.3 is 0 Å². The molecule has 3 aliphatic carbocycles. The van der Waals surface area contributed by atoms with E-state index in [4.69, 9.17) is 0 Å². The second-order valence-corrected chi connectivity index (χ2v) is 16.9. The molecule has 1 N–H and O–H groups in total. The fourth-order valence-corrected chi connectivity index (χ4v) is 13.3. The topological polar surface area (TPSA) is 35.6 Å². The third kappa shape index (κ3) is 3.32. The van der Waals surface area contributed by atoms with Gasteiger partial charge in [0.2, 0.25) is 5.91 Å². The van der Waals surface area contributed by atoms with Crippen molar-refractivity contribution in [2.75, 3.05) is 14.1 Å². The van der Waals surface area contributed by atoms with Crippen LogP contribution in [-0.4, -0.2) is 62.2 Å². The van der Waals surface area contributed by atoms with Gasteiger partial charge in [-0.05, 0) is 75.6 Å². The lowest BCUT2D eigenvalue weighted by molar-refractivity contribution is 0.0973. The minimum atomic E-state index is -2.08. The number of benzene rings is 1. The molecular formula is C28H43N3OSi. The van der Waals surface area contributed by atoms with Gasteiger partial charge in [0.15, 0.2) is 8.24 Å². The first-order chi connectivity index (χ1) is 15.9. The number of carbonyl (C=O) groups excluding carboxylic acids is 1. The Bertz CT molecular complexity index is 850. The zero-order valence-corrected chi connectivity index (χ0v) is 22.0. The molecule has 6 rings (SSSR count). The average Bonchev–Trinajstić information content (AvgIpc) is 3.42. The van der Waals surface area contributed by atoms with Gasteiger partial charge in [0.05, 0.1) is 0 Å². The molecule has 0 aromatic heterocycles. The van der Waals surface area contributed by atoms with Gasteiger partial charge in [-0.2, -0.15) is 0 Å². The molecule has 1 aromatic rings. The predicted molar refractivity (Wildman–Crippen MR) is 137 cm³/mol. The van der Waals surface area contributed by atoms with Crippen LogP contribution in [0.15, 0.2) is 30.3 Å². The van der Waals surface area contributed by atoms with Crippen molar-refractivity contribution in [3.05, 3.63) is 35.9 Å². The molecular weight excluding hydrogens is 422 g/mol. The molecule has 5 aliphatic rings. The summed E-state index contributed by atoms with van der Waals surface area (Å²) in [7, 11) is 2.81. The normalized spacial score (nSPS) is 43.0. The smallest absolute Gasteiger partial charge is 0.243 e. The van der Waals surface area contributed by atoms with E-state index < -0.39 is 8.24 Å². The van der Waals surface area contributed by atoms with E-state index in [1.54, 1.807) is 0 Å². The van der Waals surface area contributed by atoms with E-state index >= 15 is 0 Å². The Morgan fingerprint density at radius 3 is 1.82 bits per heavy atom. The summed E-state index contributed by atoms with van der Waals surface area (Å²) < 4.78 is 0. The van der Waals surface area contributed by atoms with Crippen molar-refractivity contribution in [2.24, 2.45) is 23.7 Å². The Morgan fingerprint density at radius 2 is 1.30 bits per heavy atom. The molecule has 1 aromatic carbocycles. The molecule has 5 heteroatoms. The van der Waals surface area contributed by atoms with Crippen molar-refractivity contribution in [3.8, 4) is 0 Å². The quantitative estimate of drug-likeness (QED) is 0.639. The highest BCUT2D eigenvalue weighted by molar-refractivity contribution is 6.79. The molecule has 5 fully saturated rings. The van der Waals surface area contributed by atoms with Crippen LogP contribution in [0.5, 0.6) is 0 Å². The SMILES string of the molecule is CN1C2CCCCC2C2C3C4CCCCC4N(C)C3C([Si](C)(C)NC(=O)c3ccccc3)C21. The van der Waals surface area contributed by atoms with Gasteiger partial charge in [-0.15, -0.1) is 0 Å². The van der Waals surface area contributed by atoms with Crippen molar-refractivity contribution in [1.82, 2.24) is 14.8 Å². The van der Waals surface area contributed by atoms with Crippen molar-refractivity contribution < 1.29 is 4.79 Å². The molecule has 8 atom stereocenters. The summed E-state index contributed by atoms with van der Waals surface area (Å²) in [6, 6.07) is 12.7. The zero-order valence-electron chi connectivity index (χ0n) is 21.0. The third-order valence-corrected chi connectivity index (χ3v) is 14.0. The lowest BCUT2D eigenvalue weighted by atomic mass is 9.68. The minimum absolute atomic E-state index is 0.142. The van der Waals surface area contributed by atoms with E-state index in [0.29, 0.717) is 17.6 Å². The summed E-state index contributed by atoms with van der Waals surface area (Å²) in [5.41, 5.74) is 1.41. The lowest BCUT2D eigenvalue weighted by Crippen LogP contribution is -2.60. The highest BCUT2D eigenvalue weighted by Crippen LogP contribution is 2.65. The van der Waals surface area contributed by atoms with Crippen molar-refractivity contribution in [3.63, 3.8) is 0 Å². The molecule has 33 heavy (non-hydrogen) atoms. The summed E-state index contributed by atoms with van der Waals surface area (Å²) in [4.78, 5) is 22.7. The molecule has 2 heterocycles. The van der Waals surface area contributed by atoms with Crippen LogP contribution in [0.25, 0.3) is 0 Å².